The summed E-state index contributed by atoms with van der Waals surface area (Å²) in [5, 5.41) is 3.67. The number of rotatable bonds is 3. The topological polar surface area (TPSA) is 63.4 Å². The first-order valence-electron chi connectivity index (χ1n) is 9.01. The number of hydrogen-bond donors (Lipinski definition) is 2. The predicted octanol–water partition coefficient (Wildman–Crippen LogP) is 2.15. The maximum atomic E-state index is 5.99. The molecule has 0 bridgehead atoms. The van der Waals surface area contributed by atoms with Gasteiger partial charge in [-0.15, -0.1) is 0 Å². The molecule has 3 fully saturated rings. The Bertz CT molecular complexity index is 544. The van der Waals surface area contributed by atoms with E-state index in [9.17, 15) is 0 Å². The molecular weight excluding hydrogens is 288 g/mol. The number of aromatic nitrogens is 1. The normalized spacial score (nSPS) is 33.7. The minimum absolute atomic E-state index is 0.397. The van der Waals surface area contributed by atoms with Gasteiger partial charge in [-0.1, -0.05) is 0 Å². The molecule has 3 N–H and O–H groups in total. The maximum Gasteiger partial charge on any atom is 0.128 e. The number of fused-ring (bicyclic) bond motifs is 1. The Kier molecular flexibility index (Phi) is 4.16. The van der Waals surface area contributed by atoms with E-state index >= 15 is 0 Å². The van der Waals surface area contributed by atoms with Crippen LogP contribution < -0.4 is 16.0 Å². The molecule has 2 atom stereocenters. The average Bonchev–Trinajstić information content (AvgIpc) is 3.13. The van der Waals surface area contributed by atoms with Crippen LogP contribution in [0.2, 0.25) is 0 Å². The van der Waals surface area contributed by atoms with Gasteiger partial charge >= 0.3 is 0 Å². The Balaban J connectivity index is 1.41. The Morgan fingerprint density at radius 1 is 1.13 bits per heavy atom. The summed E-state index contributed by atoms with van der Waals surface area (Å²) in [6, 6.07) is 5.32. The van der Waals surface area contributed by atoms with Gasteiger partial charge in [0.25, 0.3) is 0 Å². The molecule has 0 radical (unpaired) electrons. The van der Waals surface area contributed by atoms with Crippen molar-refractivity contribution in [2.45, 2.75) is 44.7 Å². The molecule has 1 aliphatic carbocycles. The first kappa shape index (κ1) is 15.2. The summed E-state index contributed by atoms with van der Waals surface area (Å²) >= 11 is 0. The quantitative estimate of drug-likeness (QED) is 0.895. The van der Waals surface area contributed by atoms with Gasteiger partial charge in [-0.3, -0.25) is 0 Å². The second kappa shape index (κ2) is 6.29. The number of pyridine rings is 1. The fourth-order valence-corrected chi connectivity index (χ4v) is 4.23. The molecule has 2 saturated heterocycles. The van der Waals surface area contributed by atoms with Crippen LogP contribution >= 0.6 is 0 Å². The highest BCUT2D eigenvalue weighted by Gasteiger charge is 2.37. The summed E-state index contributed by atoms with van der Waals surface area (Å²) < 4.78 is 5.56. The third kappa shape index (κ3) is 3.17. The number of nitrogens with two attached hydrogens (primary N) is 1. The molecule has 1 aromatic rings. The van der Waals surface area contributed by atoms with Gasteiger partial charge in [-0.05, 0) is 44.7 Å². The van der Waals surface area contributed by atoms with E-state index in [0.717, 1.165) is 63.5 Å². The number of hydrogen-bond acceptors (Lipinski definition) is 5. The van der Waals surface area contributed by atoms with Gasteiger partial charge in [0.15, 0.2) is 0 Å². The van der Waals surface area contributed by atoms with Crippen molar-refractivity contribution < 1.29 is 4.74 Å². The monoisotopic (exact) mass is 316 g/mol. The van der Waals surface area contributed by atoms with Crippen LogP contribution in [-0.4, -0.2) is 43.4 Å². The van der Waals surface area contributed by atoms with Gasteiger partial charge in [0.2, 0.25) is 0 Å². The molecule has 126 valence electrons. The fraction of sp³-hybridized carbons (Fsp3) is 0.722. The smallest absolute Gasteiger partial charge is 0.128 e. The standard InChI is InChI=1S/C18H28N4O/c1-12-17(21-16-4-2-15(19)3-5-16)6-7-18(20-12)22-8-13-10-23-11-14(13)9-22/h6-7,13-16,21H,2-5,8-11,19H2,1H3. The van der Waals surface area contributed by atoms with E-state index in [4.69, 9.17) is 15.5 Å². The first-order chi connectivity index (χ1) is 11.2. The fourth-order valence-electron chi connectivity index (χ4n) is 4.23. The lowest BCUT2D eigenvalue weighted by Crippen LogP contribution is -2.33. The number of aryl methyl sites for hydroxylation is 1. The summed E-state index contributed by atoms with van der Waals surface area (Å²) in [6.07, 6.45) is 4.58. The molecule has 5 nitrogen and oxygen atoms in total. The average molecular weight is 316 g/mol. The van der Waals surface area contributed by atoms with Gasteiger partial charge in [0.1, 0.15) is 5.82 Å². The van der Waals surface area contributed by atoms with E-state index in [1.54, 1.807) is 0 Å². The van der Waals surface area contributed by atoms with Crippen molar-refractivity contribution in [3.8, 4) is 0 Å². The van der Waals surface area contributed by atoms with Crippen LogP contribution in [0.3, 0.4) is 0 Å². The molecule has 5 heteroatoms. The molecule has 23 heavy (non-hydrogen) atoms. The Morgan fingerprint density at radius 2 is 1.83 bits per heavy atom. The first-order valence-corrected chi connectivity index (χ1v) is 9.01. The zero-order valence-corrected chi connectivity index (χ0v) is 14.0. The van der Waals surface area contributed by atoms with Crippen LogP contribution in [-0.2, 0) is 4.74 Å². The summed E-state index contributed by atoms with van der Waals surface area (Å²) in [5.74, 6) is 2.51. The van der Waals surface area contributed by atoms with Gasteiger partial charge < -0.3 is 20.7 Å². The van der Waals surface area contributed by atoms with Gasteiger partial charge in [0, 0.05) is 37.0 Å². The summed E-state index contributed by atoms with van der Waals surface area (Å²) in [7, 11) is 0. The van der Waals surface area contributed by atoms with Crippen LogP contribution in [0, 0.1) is 18.8 Å². The van der Waals surface area contributed by atoms with Crippen LogP contribution in [0.1, 0.15) is 31.4 Å². The lowest BCUT2D eigenvalue weighted by Gasteiger charge is -2.28. The van der Waals surface area contributed by atoms with E-state index in [2.05, 4.69) is 29.3 Å². The summed E-state index contributed by atoms with van der Waals surface area (Å²) in [4.78, 5) is 7.29. The van der Waals surface area contributed by atoms with Crippen LogP contribution in [0.4, 0.5) is 11.5 Å². The molecule has 2 unspecified atom stereocenters. The van der Waals surface area contributed by atoms with E-state index in [0.29, 0.717) is 23.9 Å². The van der Waals surface area contributed by atoms with Crippen molar-refractivity contribution >= 4 is 11.5 Å². The van der Waals surface area contributed by atoms with Gasteiger partial charge in [-0.25, -0.2) is 4.98 Å². The highest BCUT2D eigenvalue weighted by molar-refractivity contribution is 5.54. The highest BCUT2D eigenvalue weighted by Crippen LogP contribution is 2.32. The number of nitrogens with zero attached hydrogens (tertiary/aromatic N) is 2. The molecule has 4 rings (SSSR count). The van der Waals surface area contributed by atoms with Gasteiger partial charge in [-0.2, -0.15) is 0 Å². The Morgan fingerprint density at radius 3 is 2.48 bits per heavy atom. The molecule has 0 amide bonds. The van der Waals surface area contributed by atoms with Crippen LogP contribution in [0.15, 0.2) is 12.1 Å². The molecule has 2 aliphatic heterocycles. The summed E-state index contributed by atoms with van der Waals surface area (Å²) in [5.41, 5.74) is 8.27. The third-order valence-corrected chi connectivity index (χ3v) is 5.77. The number of anilines is 2. The van der Waals surface area contributed by atoms with Crippen LogP contribution in [0.5, 0.6) is 0 Å². The largest absolute Gasteiger partial charge is 0.381 e. The van der Waals surface area contributed by atoms with Crippen molar-refractivity contribution in [1.29, 1.82) is 0 Å². The number of ether oxygens (including phenoxy) is 1. The molecule has 3 heterocycles. The molecular formula is C18H28N4O. The Hall–Kier alpha value is -1.33. The van der Waals surface area contributed by atoms with Crippen molar-refractivity contribution in [2.75, 3.05) is 36.5 Å². The molecule has 0 spiro atoms. The lowest BCUT2D eigenvalue weighted by molar-refractivity contribution is 0.177. The number of nitrogens with one attached hydrogen (secondary N) is 1. The van der Waals surface area contributed by atoms with Crippen molar-refractivity contribution in [1.82, 2.24) is 4.98 Å². The van der Waals surface area contributed by atoms with E-state index in [1.807, 2.05) is 0 Å². The predicted molar refractivity (Wildman–Crippen MR) is 92.8 cm³/mol. The third-order valence-electron chi connectivity index (χ3n) is 5.77. The zero-order chi connectivity index (χ0) is 15.8. The van der Waals surface area contributed by atoms with E-state index < -0.39 is 0 Å². The highest BCUT2D eigenvalue weighted by atomic mass is 16.5. The second-order valence-electron chi connectivity index (χ2n) is 7.52. The minimum Gasteiger partial charge on any atom is -0.381 e. The lowest BCUT2D eigenvalue weighted by atomic mass is 9.91. The van der Waals surface area contributed by atoms with Crippen molar-refractivity contribution in [3.05, 3.63) is 17.8 Å². The van der Waals surface area contributed by atoms with E-state index in [1.165, 1.54) is 5.69 Å². The molecule has 1 saturated carbocycles. The van der Waals surface area contributed by atoms with Gasteiger partial charge in [0.05, 0.1) is 24.6 Å². The molecule has 1 aromatic heterocycles. The SMILES string of the molecule is Cc1nc(N2CC3COCC3C2)ccc1NC1CCC(N)CC1. The van der Waals surface area contributed by atoms with Crippen LogP contribution in [0.25, 0.3) is 0 Å². The maximum absolute atomic E-state index is 5.99. The minimum atomic E-state index is 0.397. The zero-order valence-electron chi connectivity index (χ0n) is 14.0. The molecule has 3 aliphatic rings. The summed E-state index contributed by atoms with van der Waals surface area (Å²) in [6.45, 7) is 6.13. The van der Waals surface area contributed by atoms with E-state index in [-0.39, 0.29) is 0 Å². The molecule has 0 aromatic carbocycles. The van der Waals surface area contributed by atoms with Crippen molar-refractivity contribution in [2.24, 2.45) is 17.6 Å². The second-order valence-corrected chi connectivity index (χ2v) is 7.52. The Labute approximate surface area is 138 Å². The van der Waals surface area contributed by atoms with Crippen molar-refractivity contribution in [3.63, 3.8) is 0 Å².